The number of hydrogen-bond acceptors (Lipinski definition) is 2. The number of amides is 1. The molecule has 3 nitrogen and oxygen atoms in total. The Bertz CT molecular complexity index is 490. The number of benzene rings is 1. The highest BCUT2D eigenvalue weighted by Gasteiger charge is 2.29. The SMILES string of the molecule is CCC(C#N)(CC)NC(=O)c1ccc(F)cc1F. The van der Waals surface area contributed by atoms with Crippen molar-refractivity contribution in [3.05, 3.63) is 35.4 Å². The summed E-state index contributed by atoms with van der Waals surface area (Å²) < 4.78 is 26.1. The standard InChI is InChI=1S/C13H14F2N2O/c1-3-13(4-2,8-16)17-12(18)10-6-5-9(14)7-11(10)15/h5-7H,3-4H2,1-2H3,(H,17,18). The van der Waals surface area contributed by atoms with E-state index in [1.54, 1.807) is 13.8 Å². The fraction of sp³-hybridized carbons (Fsp3) is 0.385. The Labute approximate surface area is 104 Å². The summed E-state index contributed by atoms with van der Waals surface area (Å²) in [6, 6.07) is 4.72. The predicted octanol–water partition coefficient (Wildman–Crippen LogP) is 2.78. The van der Waals surface area contributed by atoms with Gasteiger partial charge in [-0.3, -0.25) is 4.79 Å². The van der Waals surface area contributed by atoms with Gasteiger partial charge in [-0.15, -0.1) is 0 Å². The van der Waals surface area contributed by atoms with Gasteiger partial charge in [-0.1, -0.05) is 13.8 Å². The molecule has 0 fully saturated rings. The smallest absolute Gasteiger partial charge is 0.255 e. The minimum absolute atomic E-state index is 0.266. The molecule has 1 N–H and O–H groups in total. The van der Waals surface area contributed by atoms with Crippen molar-refractivity contribution in [1.82, 2.24) is 5.32 Å². The Morgan fingerprint density at radius 2 is 2.00 bits per heavy atom. The Balaban J connectivity index is 2.99. The van der Waals surface area contributed by atoms with E-state index in [-0.39, 0.29) is 5.56 Å². The van der Waals surface area contributed by atoms with Gasteiger partial charge in [0.1, 0.15) is 17.2 Å². The first kappa shape index (κ1) is 14.1. The average molecular weight is 252 g/mol. The quantitative estimate of drug-likeness (QED) is 0.895. The molecule has 0 atom stereocenters. The van der Waals surface area contributed by atoms with Crippen LogP contribution in [-0.2, 0) is 0 Å². The first-order chi connectivity index (χ1) is 8.48. The summed E-state index contributed by atoms with van der Waals surface area (Å²) in [7, 11) is 0. The van der Waals surface area contributed by atoms with Crippen LogP contribution >= 0.6 is 0 Å². The van der Waals surface area contributed by atoms with Crippen LogP contribution in [0.3, 0.4) is 0 Å². The molecule has 18 heavy (non-hydrogen) atoms. The van der Waals surface area contributed by atoms with Gasteiger partial charge in [-0.25, -0.2) is 8.78 Å². The van der Waals surface area contributed by atoms with E-state index in [1.165, 1.54) is 0 Å². The maximum Gasteiger partial charge on any atom is 0.255 e. The molecule has 96 valence electrons. The van der Waals surface area contributed by atoms with Crippen LogP contribution in [0, 0.1) is 23.0 Å². The monoisotopic (exact) mass is 252 g/mol. The van der Waals surface area contributed by atoms with E-state index in [2.05, 4.69) is 5.32 Å². The molecule has 0 aliphatic carbocycles. The topological polar surface area (TPSA) is 52.9 Å². The lowest BCUT2D eigenvalue weighted by Gasteiger charge is -2.24. The van der Waals surface area contributed by atoms with Gasteiger partial charge in [0.25, 0.3) is 5.91 Å². The summed E-state index contributed by atoms with van der Waals surface area (Å²) in [5, 5.41) is 11.6. The number of hydrogen-bond donors (Lipinski definition) is 1. The van der Waals surface area contributed by atoms with Gasteiger partial charge in [0.05, 0.1) is 11.6 Å². The second-order valence-corrected chi connectivity index (χ2v) is 3.98. The lowest BCUT2D eigenvalue weighted by atomic mass is 9.94. The molecule has 1 amide bonds. The van der Waals surface area contributed by atoms with Crippen molar-refractivity contribution in [3.63, 3.8) is 0 Å². The molecule has 0 heterocycles. The molecule has 0 aliphatic rings. The summed E-state index contributed by atoms with van der Waals surface area (Å²) in [5.74, 6) is -2.40. The van der Waals surface area contributed by atoms with Crippen molar-refractivity contribution in [2.75, 3.05) is 0 Å². The molecule has 0 aromatic heterocycles. The van der Waals surface area contributed by atoms with Crippen LogP contribution in [0.25, 0.3) is 0 Å². The van der Waals surface area contributed by atoms with Crippen LogP contribution in [-0.4, -0.2) is 11.4 Å². The van der Waals surface area contributed by atoms with Crippen LogP contribution in [0.4, 0.5) is 8.78 Å². The fourth-order valence-corrected chi connectivity index (χ4v) is 1.57. The normalized spacial score (nSPS) is 10.8. The largest absolute Gasteiger partial charge is 0.334 e. The molecule has 0 aliphatic heterocycles. The number of nitriles is 1. The first-order valence-corrected chi connectivity index (χ1v) is 5.67. The molecule has 0 radical (unpaired) electrons. The zero-order valence-corrected chi connectivity index (χ0v) is 10.3. The highest BCUT2D eigenvalue weighted by Crippen LogP contribution is 2.16. The molecule has 0 saturated carbocycles. The van der Waals surface area contributed by atoms with Gasteiger partial charge in [0.15, 0.2) is 0 Å². The molecule has 1 aromatic carbocycles. The summed E-state index contributed by atoms with van der Waals surface area (Å²) in [4.78, 5) is 11.8. The van der Waals surface area contributed by atoms with Gasteiger partial charge in [0, 0.05) is 6.07 Å². The second kappa shape index (κ2) is 5.58. The highest BCUT2D eigenvalue weighted by molar-refractivity contribution is 5.95. The Kier molecular flexibility index (Phi) is 4.38. The third kappa shape index (κ3) is 2.83. The highest BCUT2D eigenvalue weighted by atomic mass is 19.1. The molecular formula is C13H14F2N2O. The molecule has 0 bridgehead atoms. The van der Waals surface area contributed by atoms with E-state index >= 15 is 0 Å². The molecule has 1 aromatic rings. The van der Waals surface area contributed by atoms with Crippen LogP contribution in [0.1, 0.15) is 37.0 Å². The Morgan fingerprint density at radius 1 is 1.39 bits per heavy atom. The van der Waals surface area contributed by atoms with Gasteiger partial charge < -0.3 is 5.32 Å². The third-order valence-electron chi connectivity index (χ3n) is 2.95. The van der Waals surface area contributed by atoms with Crippen LogP contribution in [0.5, 0.6) is 0 Å². The van der Waals surface area contributed by atoms with Crippen LogP contribution in [0.2, 0.25) is 0 Å². The van der Waals surface area contributed by atoms with Crippen LogP contribution < -0.4 is 5.32 Å². The van der Waals surface area contributed by atoms with E-state index in [1.807, 2.05) is 6.07 Å². The van der Waals surface area contributed by atoms with Crippen molar-refractivity contribution >= 4 is 5.91 Å². The van der Waals surface area contributed by atoms with E-state index in [4.69, 9.17) is 5.26 Å². The zero-order valence-electron chi connectivity index (χ0n) is 10.3. The first-order valence-electron chi connectivity index (χ1n) is 5.67. The molecular weight excluding hydrogens is 238 g/mol. The van der Waals surface area contributed by atoms with Gasteiger partial charge in [0.2, 0.25) is 0 Å². The zero-order chi connectivity index (χ0) is 13.8. The maximum atomic E-state index is 13.4. The van der Waals surface area contributed by atoms with E-state index in [0.717, 1.165) is 12.1 Å². The number of halogens is 2. The second-order valence-electron chi connectivity index (χ2n) is 3.98. The van der Waals surface area contributed by atoms with Crippen molar-refractivity contribution in [3.8, 4) is 6.07 Å². The molecule has 0 spiro atoms. The van der Waals surface area contributed by atoms with E-state index < -0.39 is 23.1 Å². The van der Waals surface area contributed by atoms with Crippen molar-refractivity contribution in [2.24, 2.45) is 0 Å². The number of carbonyl (C=O) groups excluding carboxylic acids is 1. The van der Waals surface area contributed by atoms with Gasteiger partial charge in [-0.05, 0) is 25.0 Å². The molecule has 0 unspecified atom stereocenters. The predicted molar refractivity (Wildman–Crippen MR) is 62.8 cm³/mol. The summed E-state index contributed by atoms with van der Waals surface area (Å²) in [6.07, 6.45) is 0.823. The fourth-order valence-electron chi connectivity index (χ4n) is 1.57. The summed E-state index contributed by atoms with van der Waals surface area (Å²) in [6.45, 7) is 3.52. The number of rotatable bonds is 4. The minimum atomic E-state index is -1.02. The third-order valence-corrected chi connectivity index (χ3v) is 2.95. The molecule has 1 rings (SSSR count). The lowest BCUT2D eigenvalue weighted by Crippen LogP contribution is -2.46. The van der Waals surface area contributed by atoms with E-state index in [0.29, 0.717) is 18.9 Å². The Morgan fingerprint density at radius 3 is 2.44 bits per heavy atom. The Hall–Kier alpha value is -1.96. The number of nitrogens with zero attached hydrogens (tertiary/aromatic N) is 1. The van der Waals surface area contributed by atoms with Gasteiger partial charge in [-0.2, -0.15) is 5.26 Å². The van der Waals surface area contributed by atoms with Crippen LogP contribution in [0.15, 0.2) is 18.2 Å². The molecule has 5 heteroatoms. The van der Waals surface area contributed by atoms with E-state index in [9.17, 15) is 13.6 Å². The molecule has 0 saturated heterocycles. The summed E-state index contributed by atoms with van der Waals surface area (Å²) >= 11 is 0. The average Bonchev–Trinajstić information content (AvgIpc) is 2.36. The number of carbonyl (C=O) groups is 1. The summed E-state index contributed by atoms with van der Waals surface area (Å²) in [5.41, 5.74) is -1.28. The minimum Gasteiger partial charge on any atom is -0.334 e. The van der Waals surface area contributed by atoms with Gasteiger partial charge >= 0.3 is 0 Å². The van der Waals surface area contributed by atoms with Crippen molar-refractivity contribution < 1.29 is 13.6 Å². The number of nitrogens with one attached hydrogen (secondary N) is 1. The van der Waals surface area contributed by atoms with Crippen molar-refractivity contribution in [1.29, 1.82) is 5.26 Å². The van der Waals surface area contributed by atoms with Crippen molar-refractivity contribution in [2.45, 2.75) is 32.2 Å². The maximum absolute atomic E-state index is 13.4. The lowest BCUT2D eigenvalue weighted by molar-refractivity contribution is 0.0911.